The SMILES string of the molecule is CCCOc1ccc(C(=O)N/N=C/c2ccc(OCc3cccc4ccccc34)c(Br)c2)cc1OCC. The lowest BCUT2D eigenvalue weighted by Gasteiger charge is -2.12. The number of benzene rings is 4. The number of carbonyl (C=O) groups excluding carboxylic acids is 1. The van der Waals surface area contributed by atoms with Crippen LogP contribution in [0.1, 0.15) is 41.8 Å². The first kappa shape index (κ1) is 26.2. The fraction of sp³-hybridized carbons (Fsp3) is 0.200. The van der Waals surface area contributed by atoms with E-state index in [1.54, 1.807) is 24.4 Å². The molecule has 0 aliphatic carbocycles. The summed E-state index contributed by atoms with van der Waals surface area (Å²) in [4.78, 5) is 12.6. The van der Waals surface area contributed by atoms with Crippen molar-refractivity contribution in [3.8, 4) is 17.2 Å². The summed E-state index contributed by atoms with van der Waals surface area (Å²) < 4.78 is 18.2. The molecule has 7 heteroatoms. The van der Waals surface area contributed by atoms with Gasteiger partial charge in [0.05, 0.1) is 23.9 Å². The Balaban J connectivity index is 1.37. The Morgan fingerprint density at radius 2 is 1.70 bits per heavy atom. The zero-order chi connectivity index (χ0) is 26.0. The highest BCUT2D eigenvalue weighted by atomic mass is 79.9. The number of rotatable bonds is 11. The molecule has 0 saturated heterocycles. The average Bonchev–Trinajstić information content (AvgIpc) is 2.92. The van der Waals surface area contributed by atoms with E-state index in [4.69, 9.17) is 14.2 Å². The third kappa shape index (κ3) is 6.89. The normalized spacial score (nSPS) is 11.0. The van der Waals surface area contributed by atoms with E-state index < -0.39 is 0 Å². The molecule has 0 unspecified atom stereocenters. The lowest BCUT2D eigenvalue weighted by molar-refractivity contribution is 0.0954. The van der Waals surface area contributed by atoms with Crippen LogP contribution in [0.4, 0.5) is 0 Å². The number of carbonyl (C=O) groups is 1. The summed E-state index contributed by atoms with van der Waals surface area (Å²) in [6, 6.07) is 25.2. The van der Waals surface area contributed by atoms with Gasteiger partial charge in [0.1, 0.15) is 12.4 Å². The molecule has 0 heterocycles. The van der Waals surface area contributed by atoms with E-state index in [-0.39, 0.29) is 5.91 Å². The van der Waals surface area contributed by atoms with Crippen molar-refractivity contribution < 1.29 is 19.0 Å². The minimum absolute atomic E-state index is 0.339. The number of fused-ring (bicyclic) bond motifs is 1. The number of hydrogen-bond acceptors (Lipinski definition) is 5. The van der Waals surface area contributed by atoms with Crippen molar-refractivity contribution in [1.29, 1.82) is 0 Å². The number of halogens is 1. The monoisotopic (exact) mass is 560 g/mol. The average molecular weight is 561 g/mol. The highest BCUT2D eigenvalue weighted by Crippen LogP contribution is 2.29. The lowest BCUT2D eigenvalue weighted by Crippen LogP contribution is -2.17. The second kappa shape index (κ2) is 12.9. The molecule has 6 nitrogen and oxygen atoms in total. The molecular weight excluding hydrogens is 532 g/mol. The number of hydrazone groups is 1. The van der Waals surface area contributed by atoms with Crippen LogP contribution in [0, 0.1) is 0 Å². The first-order valence-electron chi connectivity index (χ1n) is 12.2. The molecule has 37 heavy (non-hydrogen) atoms. The van der Waals surface area contributed by atoms with Crippen LogP contribution in [0.15, 0.2) is 88.4 Å². The molecule has 1 amide bonds. The van der Waals surface area contributed by atoms with Gasteiger partial charge in [0.25, 0.3) is 5.91 Å². The van der Waals surface area contributed by atoms with Crippen molar-refractivity contribution in [2.45, 2.75) is 26.9 Å². The van der Waals surface area contributed by atoms with Crippen LogP contribution in [0.5, 0.6) is 17.2 Å². The predicted molar refractivity (Wildman–Crippen MR) is 151 cm³/mol. The topological polar surface area (TPSA) is 69.2 Å². The van der Waals surface area contributed by atoms with Crippen molar-refractivity contribution in [2.24, 2.45) is 5.10 Å². The van der Waals surface area contributed by atoms with Crippen LogP contribution in [0.2, 0.25) is 0 Å². The van der Waals surface area contributed by atoms with E-state index >= 15 is 0 Å². The second-order valence-electron chi connectivity index (χ2n) is 8.26. The summed E-state index contributed by atoms with van der Waals surface area (Å²) in [6.07, 6.45) is 2.47. The highest BCUT2D eigenvalue weighted by Gasteiger charge is 2.11. The van der Waals surface area contributed by atoms with Gasteiger partial charge in [-0.05, 0) is 87.6 Å². The predicted octanol–water partition coefficient (Wildman–Crippen LogP) is 7.13. The van der Waals surface area contributed by atoms with Crippen molar-refractivity contribution >= 4 is 38.8 Å². The van der Waals surface area contributed by atoms with Gasteiger partial charge < -0.3 is 14.2 Å². The van der Waals surface area contributed by atoms with Crippen LogP contribution >= 0.6 is 15.9 Å². The maximum absolute atomic E-state index is 12.6. The fourth-order valence-corrected chi connectivity index (χ4v) is 4.28. The zero-order valence-electron chi connectivity index (χ0n) is 20.9. The van der Waals surface area contributed by atoms with Crippen LogP contribution in [0.25, 0.3) is 10.8 Å². The van der Waals surface area contributed by atoms with Gasteiger partial charge in [-0.1, -0.05) is 49.4 Å². The van der Waals surface area contributed by atoms with Crippen LogP contribution in [0.3, 0.4) is 0 Å². The number of nitrogens with one attached hydrogen (secondary N) is 1. The van der Waals surface area contributed by atoms with Gasteiger partial charge in [0, 0.05) is 5.56 Å². The standard InChI is InChI=1S/C30H29BrN2O4/c1-3-16-36-28-15-13-23(18-29(28)35-4-2)30(34)33-32-19-21-12-14-27(26(31)17-21)37-20-24-10-7-9-22-8-5-6-11-25(22)24/h5-15,17-19H,3-4,16,20H2,1-2H3,(H,33,34)/b32-19+. The molecule has 0 saturated carbocycles. The molecular formula is C30H29BrN2O4. The van der Waals surface area contributed by atoms with E-state index in [1.165, 1.54) is 10.8 Å². The Kier molecular flexibility index (Phi) is 9.16. The largest absolute Gasteiger partial charge is 0.490 e. The molecule has 1 N–H and O–H groups in total. The number of amides is 1. The van der Waals surface area contributed by atoms with Gasteiger partial charge in [-0.3, -0.25) is 4.79 Å². The van der Waals surface area contributed by atoms with Gasteiger partial charge in [-0.2, -0.15) is 5.10 Å². The summed E-state index contributed by atoms with van der Waals surface area (Å²) in [5.41, 5.74) is 4.93. The molecule has 0 fully saturated rings. The van der Waals surface area contributed by atoms with Gasteiger partial charge in [-0.15, -0.1) is 0 Å². The third-order valence-electron chi connectivity index (χ3n) is 5.57. The smallest absolute Gasteiger partial charge is 0.271 e. The Labute approximate surface area is 225 Å². The van der Waals surface area contributed by atoms with Crippen molar-refractivity contribution in [3.05, 3.63) is 100 Å². The summed E-state index contributed by atoms with van der Waals surface area (Å²) in [5, 5.41) is 6.47. The van der Waals surface area contributed by atoms with E-state index in [0.717, 1.165) is 27.8 Å². The summed E-state index contributed by atoms with van der Waals surface area (Å²) in [6.45, 7) is 5.43. The Hall–Kier alpha value is -3.84. The summed E-state index contributed by atoms with van der Waals surface area (Å²) in [7, 11) is 0. The number of hydrogen-bond donors (Lipinski definition) is 1. The van der Waals surface area contributed by atoms with E-state index in [9.17, 15) is 4.79 Å². The maximum Gasteiger partial charge on any atom is 0.271 e. The Morgan fingerprint density at radius 1 is 0.892 bits per heavy atom. The number of ether oxygens (including phenoxy) is 3. The molecule has 0 aromatic heterocycles. The molecule has 0 aliphatic rings. The maximum atomic E-state index is 12.6. The summed E-state index contributed by atoms with van der Waals surface area (Å²) in [5.74, 6) is 1.54. The van der Waals surface area contributed by atoms with Gasteiger partial charge in [0.2, 0.25) is 0 Å². The van der Waals surface area contributed by atoms with Gasteiger partial charge in [0.15, 0.2) is 11.5 Å². The highest BCUT2D eigenvalue weighted by molar-refractivity contribution is 9.10. The molecule has 0 aliphatic heterocycles. The second-order valence-corrected chi connectivity index (χ2v) is 9.11. The van der Waals surface area contributed by atoms with Crippen LogP contribution in [-0.2, 0) is 6.61 Å². The Bertz CT molecular complexity index is 1400. The van der Waals surface area contributed by atoms with E-state index in [2.05, 4.69) is 50.7 Å². The van der Waals surface area contributed by atoms with Gasteiger partial charge >= 0.3 is 0 Å². The fourth-order valence-electron chi connectivity index (χ4n) is 3.77. The molecule has 0 radical (unpaired) electrons. The molecule has 4 aromatic carbocycles. The molecule has 4 rings (SSSR count). The Morgan fingerprint density at radius 3 is 2.51 bits per heavy atom. The van der Waals surface area contributed by atoms with Crippen molar-refractivity contribution in [2.75, 3.05) is 13.2 Å². The zero-order valence-corrected chi connectivity index (χ0v) is 22.5. The van der Waals surface area contributed by atoms with E-state index in [0.29, 0.717) is 36.9 Å². The molecule has 0 bridgehead atoms. The number of nitrogens with zero attached hydrogens (tertiary/aromatic N) is 1. The molecule has 0 spiro atoms. The minimum Gasteiger partial charge on any atom is -0.490 e. The molecule has 4 aromatic rings. The summed E-state index contributed by atoms with van der Waals surface area (Å²) >= 11 is 3.58. The van der Waals surface area contributed by atoms with Crippen molar-refractivity contribution in [1.82, 2.24) is 5.43 Å². The molecule has 0 atom stereocenters. The third-order valence-corrected chi connectivity index (χ3v) is 6.19. The molecule has 190 valence electrons. The van der Waals surface area contributed by atoms with E-state index in [1.807, 2.05) is 50.2 Å². The van der Waals surface area contributed by atoms with Gasteiger partial charge in [-0.25, -0.2) is 5.43 Å². The van der Waals surface area contributed by atoms with Crippen LogP contribution < -0.4 is 19.6 Å². The lowest BCUT2D eigenvalue weighted by atomic mass is 10.1. The minimum atomic E-state index is -0.339. The van der Waals surface area contributed by atoms with Crippen molar-refractivity contribution in [3.63, 3.8) is 0 Å². The first-order valence-corrected chi connectivity index (χ1v) is 13.0. The van der Waals surface area contributed by atoms with Crippen LogP contribution in [-0.4, -0.2) is 25.3 Å². The first-order chi connectivity index (χ1) is 18.1. The quantitative estimate of drug-likeness (QED) is 0.156.